The summed E-state index contributed by atoms with van der Waals surface area (Å²) in [5.41, 5.74) is 5.26. The van der Waals surface area contributed by atoms with Crippen molar-refractivity contribution in [3.63, 3.8) is 0 Å². The fraction of sp³-hybridized carbons (Fsp3) is 0.800. The molecule has 6 heteroatoms. The van der Waals surface area contributed by atoms with Gasteiger partial charge < -0.3 is 16.0 Å². The van der Waals surface area contributed by atoms with Crippen LogP contribution in [0, 0.1) is 5.41 Å². The maximum Gasteiger partial charge on any atom is 0.219 e. The second-order valence-electron chi connectivity index (χ2n) is 4.27. The fourth-order valence-corrected chi connectivity index (χ4v) is 1.94. The van der Waals surface area contributed by atoms with Crippen molar-refractivity contribution in [2.75, 3.05) is 32.7 Å². The minimum Gasteiger partial charge on any atom is -0.370 e. The number of guanidine groups is 1. The lowest BCUT2D eigenvalue weighted by atomic mass is 10.2. The van der Waals surface area contributed by atoms with Crippen LogP contribution in [0.3, 0.4) is 0 Å². The number of nitrogens with zero attached hydrogens (tertiary/aromatic N) is 2. The highest BCUT2D eigenvalue weighted by atomic mass is 16.2. The zero-order valence-electron chi connectivity index (χ0n) is 9.99. The molecule has 0 aromatic carbocycles. The van der Waals surface area contributed by atoms with Crippen molar-refractivity contribution >= 4 is 11.9 Å². The van der Waals surface area contributed by atoms with Crippen LogP contribution in [0.15, 0.2) is 0 Å². The molecule has 1 unspecified atom stereocenters. The summed E-state index contributed by atoms with van der Waals surface area (Å²) in [4.78, 5) is 15.3. The standard InChI is InChI=1S/C10H21N5O/c1-8(13-10(11)12)7-14-3-5-15(6-4-14)9(2)16/h8H,3-7H2,1-2H3,(H4,11,12,13). The summed E-state index contributed by atoms with van der Waals surface area (Å²) in [7, 11) is 0. The number of amides is 1. The molecular formula is C10H21N5O. The van der Waals surface area contributed by atoms with Crippen LogP contribution in [0.1, 0.15) is 13.8 Å². The number of nitrogens with two attached hydrogens (primary N) is 1. The van der Waals surface area contributed by atoms with Crippen LogP contribution in [0.4, 0.5) is 0 Å². The SMILES string of the molecule is CC(=O)N1CCN(CC(C)NC(=N)N)CC1. The highest BCUT2D eigenvalue weighted by Gasteiger charge is 2.19. The number of hydrogen-bond donors (Lipinski definition) is 3. The lowest BCUT2D eigenvalue weighted by molar-refractivity contribution is -0.130. The van der Waals surface area contributed by atoms with E-state index in [9.17, 15) is 4.79 Å². The van der Waals surface area contributed by atoms with Gasteiger partial charge >= 0.3 is 0 Å². The van der Waals surface area contributed by atoms with Crippen molar-refractivity contribution < 1.29 is 4.79 Å². The van der Waals surface area contributed by atoms with E-state index in [1.54, 1.807) is 6.92 Å². The van der Waals surface area contributed by atoms with Crippen molar-refractivity contribution in [1.82, 2.24) is 15.1 Å². The minimum absolute atomic E-state index is 0.00914. The van der Waals surface area contributed by atoms with Crippen molar-refractivity contribution in [2.24, 2.45) is 5.73 Å². The molecule has 0 radical (unpaired) electrons. The maximum absolute atomic E-state index is 11.1. The quantitative estimate of drug-likeness (QED) is 0.427. The Morgan fingerprint density at radius 1 is 1.44 bits per heavy atom. The molecule has 16 heavy (non-hydrogen) atoms. The van der Waals surface area contributed by atoms with Gasteiger partial charge in [-0.3, -0.25) is 15.1 Å². The second kappa shape index (κ2) is 5.69. The summed E-state index contributed by atoms with van der Waals surface area (Å²) in [6.07, 6.45) is 0. The van der Waals surface area contributed by atoms with Crippen molar-refractivity contribution in [3.05, 3.63) is 0 Å². The molecule has 0 aliphatic carbocycles. The molecule has 1 rings (SSSR count). The number of rotatable bonds is 3. The van der Waals surface area contributed by atoms with E-state index < -0.39 is 0 Å². The average Bonchev–Trinajstić information content (AvgIpc) is 2.16. The van der Waals surface area contributed by atoms with E-state index >= 15 is 0 Å². The number of carbonyl (C=O) groups is 1. The second-order valence-corrected chi connectivity index (χ2v) is 4.27. The van der Waals surface area contributed by atoms with Gasteiger partial charge in [0.2, 0.25) is 5.91 Å². The van der Waals surface area contributed by atoms with E-state index in [0.29, 0.717) is 0 Å². The summed E-state index contributed by atoms with van der Waals surface area (Å²) in [5.74, 6) is 0.157. The highest BCUT2D eigenvalue weighted by Crippen LogP contribution is 2.02. The third-order valence-corrected chi connectivity index (χ3v) is 2.75. The molecule has 1 amide bonds. The molecule has 0 aromatic heterocycles. The predicted molar refractivity (Wildman–Crippen MR) is 63.2 cm³/mol. The van der Waals surface area contributed by atoms with Gasteiger partial charge in [0.1, 0.15) is 0 Å². The largest absolute Gasteiger partial charge is 0.370 e. The monoisotopic (exact) mass is 227 g/mol. The first-order valence-electron chi connectivity index (χ1n) is 5.57. The van der Waals surface area contributed by atoms with Gasteiger partial charge in [-0.05, 0) is 6.92 Å². The van der Waals surface area contributed by atoms with Crippen molar-refractivity contribution in [1.29, 1.82) is 5.41 Å². The van der Waals surface area contributed by atoms with Crippen molar-refractivity contribution in [3.8, 4) is 0 Å². The Morgan fingerprint density at radius 3 is 2.44 bits per heavy atom. The lowest BCUT2D eigenvalue weighted by Gasteiger charge is -2.35. The number of nitrogens with one attached hydrogen (secondary N) is 2. The third-order valence-electron chi connectivity index (χ3n) is 2.75. The van der Waals surface area contributed by atoms with Crippen LogP contribution in [0.5, 0.6) is 0 Å². The van der Waals surface area contributed by atoms with Crippen LogP contribution in [-0.4, -0.2) is 60.4 Å². The van der Waals surface area contributed by atoms with Gasteiger partial charge in [0.15, 0.2) is 5.96 Å². The molecule has 1 heterocycles. The molecule has 0 bridgehead atoms. The predicted octanol–water partition coefficient (Wildman–Crippen LogP) is -0.978. The topological polar surface area (TPSA) is 85.5 Å². The van der Waals surface area contributed by atoms with Crippen LogP contribution in [-0.2, 0) is 4.79 Å². The minimum atomic E-state index is 0.00914. The lowest BCUT2D eigenvalue weighted by Crippen LogP contribution is -2.52. The summed E-state index contributed by atoms with van der Waals surface area (Å²) >= 11 is 0. The number of carbonyl (C=O) groups excluding carboxylic acids is 1. The molecule has 1 saturated heterocycles. The molecule has 4 N–H and O–H groups in total. The average molecular weight is 227 g/mol. The van der Waals surface area contributed by atoms with E-state index in [1.807, 2.05) is 11.8 Å². The third kappa shape index (κ3) is 4.06. The van der Waals surface area contributed by atoms with Crippen molar-refractivity contribution in [2.45, 2.75) is 19.9 Å². The molecule has 1 fully saturated rings. The maximum atomic E-state index is 11.1. The van der Waals surface area contributed by atoms with Gasteiger partial charge in [-0.1, -0.05) is 0 Å². The highest BCUT2D eigenvalue weighted by molar-refractivity contribution is 5.74. The van der Waals surface area contributed by atoms with Gasteiger partial charge in [0.25, 0.3) is 0 Å². The molecular weight excluding hydrogens is 206 g/mol. The molecule has 0 spiro atoms. The fourth-order valence-electron chi connectivity index (χ4n) is 1.94. The first-order valence-corrected chi connectivity index (χ1v) is 5.57. The summed E-state index contributed by atoms with van der Waals surface area (Å²) in [6.45, 7) is 7.83. The van der Waals surface area contributed by atoms with Gasteiger partial charge in [0, 0.05) is 45.7 Å². The Hall–Kier alpha value is -1.30. The van der Waals surface area contributed by atoms with E-state index in [2.05, 4.69) is 10.2 Å². The summed E-state index contributed by atoms with van der Waals surface area (Å²) in [5, 5.41) is 9.99. The van der Waals surface area contributed by atoms with E-state index in [4.69, 9.17) is 11.1 Å². The first-order chi connectivity index (χ1) is 7.49. The molecule has 1 atom stereocenters. The van der Waals surface area contributed by atoms with E-state index in [0.717, 1.165) is 32.7 Å². The smallest absolute Gasteiger partial charge is 0.219 e. The molecule has 0 saturated carbocycles. The summed E-state index contributed by atoms with van der Waals surface area (Å²) < 4.78 is 0. The Kier molecular flexibility index (Phi) is 4.54. The van der Waals surface area contributed by atoms with Crippen LogP contribution in [0.25, 0.3) is 0 Å². The zero-order valence-corrected chi connectivity index (χ0v) is 9.99. The Balaban J connectivity index is 2.26. The Bertz CT molecular complexity index is 260. The molecule has 92 valence electrons. The van der Waals surface area contributed by atoms with E-state index in [-0.39, 0.29) is 17.9 Å². The molecule has 1 aliphatic heterocycles. The Morgan fingerprint density at radius 2 is 2.00 bits per heavy atom. The van der Waals surface area contributed by atoms with Crippen LogP contribution >= 0.6 is 0 Å². The molecule has 1 aliphatic rings. The van der Waals surface area contributed by atoms with E-state index in [1.165, 1.54) is 0 Å². The van der Waals surface area contributed by atoms with Gasteiger partial charge in [-0.2, -0.15) is 0 Å². The number of piperazine rings is 1. The summed E-state index contributed by atoms with van der Waals surface area (Å²) in [6, 6.07) is 0.168. The van der Waals surface area contributed by atoms with Gasteiger partial charge in [-0.25, -0.2) is 0 Å². The molecule has 6 nitrogen and oxygen atoms in total. The normalized spacial score (nSPS) is 19.2. The zero-order chi connectivity index (χ0) is 12.1. The Labute approximate surface area is 96.3 Å². The van der Waals surface area contributed by atoms with Crippen LogP contribution in [0.2, 0.25) is 0 Å². The van der Waals surface area contributed by atoms with Crippen LogP contribution < -0.4 is 11.1 Å². The molecule has 0 aromatic rings. The first kappa shape index (κ1) is 12.8. The van der Waals surface area contributed by atoms with Gasteiger partial charge in [0.05, 0.1) is 0 Å². The van der Waals surface area contributed by atoms with Gasteiger partial charge in [-0.15, -0.1) is 0 Å². The number of hydrogen-bond acceptors (Lipinski definition) is 3.